The molecule has 11 heavy (non-hydrogen) atoms. The minimum atomic E-state index is 0.506. The Hall–Kier alpha value is -1.57. The van der Waals surface area contributed by atoms with Gasteiger partial charge in [0.05, 0.1) is 11.6 Å². The highest BCUT2D eigenvalue weighted by Gasteiger charge is 1.92. The number of para-hydroxylation sites is 1. The van der Waals surface area contributed by atoms with E-state index in [1.54, 1.807) is 6.07 Å². The van der Waals surface area contributed by atoms with Crippen molar-refractivity contribution in [3.63, 3.8) is 0 Å². The SMILES string of the molecule is N=c1ccoc2ccccc12. The van der Waals surface area contributed by atoms with Crippen LogP contribution in [0.2, 0.25) is 0 Å². The maximum absolute atomic E-state index is 7.50. The van der Waals surface area contributed by atoms with Gasteiger partial charge in [0.1, 0.15) is 5.58 Å². The van der Waals surface area contributed by atoms with Crippen LogP contribution in [0.5, 0.6) is 0 Å². The van der Waals surface area contributed by atoms with Crippen molar-refractivity contribution < 1.29 is 4.42 Å². The summed E-state index contributed by atoms with van der Waals surface area (Å²) in [5.74, 6) is 0. The molecule has 2 aromatic rings. The van der Waals surface area contributed by atoms with Crippen LogP contribution < -0.4 is 5.36 Å². The molecule has 1 aromatic heterocycles. The van der Waals surface area contributed by atoms with Crippen molar-refractivity contribution >= 4 is 11.0 Å². The molecule has 2 nitrogen and oxygen atoms in total. The predicted molar refractivity (Wildman–Crippen MR) is 42.1 cm³/mol. The van der Waals surface area contributed by atoms with Crippen LogP contribution >= 0.6 is 0 Å². The third-order valence-corrected chi connectivity index (χ3v) is 1.61. The number of nitrogens with one attached hydrogen (secondary N) is 1. The summed E-state index contributed by atoms with van der Waals surface area (Å²) >= 11 is 0. The molecule has 0 atom stereocenters. The Morgan fingerprint density at radius 2 is 1.91 bits per heavy atom. The van der Waals surface area contributed by atoms with Gasteiger partial charge in [-0.3, -0.25) is 0 Å². The fourth-order valence-electron chi connectivity index (χ4n) is 1.06. The van der Waals surface area contributed by atoms with E-state index in [1.807, 2.05) is 24.3 Å². The van der Waals surface area contributed by atoms with Crippen molar-refractivity contribution in [2.75, 3.05) is 0 Å². The first-order chi connectivity index (χ1) is 5.38. The van der Waals surface area contributed by atoms with Gasteiger partial charge in [-0.2, -0.15) is 0 Å². The lowest BCUT2D eigenvalue weighted by Gasteiger charge is -1.93. The Morgan fingerprint density at radius 3 is 2.73 bits per heavy atom. The van der Waals surface area contributed by atoms with E-state index in [4.69, 9.17) is 9.83 Å². The van der Waals surface area contributed by atoms with E-state index >= 15 is 0 Å². The predicted octanol–water partition coefficient (Wildman–Crippen LogP) is 1.91. The zero-order chi connectivity index (χ0) is 7.68. The minimum Gasteiger partial charge on any atom is -0.464 e. The molecule has 1 heterocycles. The number of hydrogen-bond acceptors (Lipinski definition) is 2. The Kier molecular flexibility index (Phi) is 1.25. The van der Waals surface area contributed by atoms with Crippen LogP contribution in [0.3, 0.4) is 0 Å². The summed E-state index contributed by atoms with van der Waals surface area (Å²) in [5.41, 5.74) is 0.764. The van der Waals surface area contributed by atoms with Crippen LogP contribution in [0.1, 0.15) is 0 Å². The second-order valence-electron chi connectivity index (χ2n) is 2.33. The molecule has 1 N–H and O–H groups in total. The zero-order valence-corrected chi connectivity index (χ0v) is 5.87. The zero-order valence-electron chi connectivity index (χ0n) is 5.87. The number of benzene rings is 1. The fraction of sp³-hybridized carbons (Fsp3) is 0. The smallest absolute Gasteiger partial charge is 0.135 e. The van der Waals surface area contributed by atoms with Crippen LogP contribution in [0.4, 0.5) is 0 Å². The monoisotopic (exact) mass is 145 g/mol. The van der Waals surface area contributed by atoms with Gasteiger partial charge in [0.15, 0.2) is 0 Å². The second kappa shape index (κ2) is 2.23. The molecule has 0 aliphatic rings. The molecule has 0 saturated heterocycles. The molecule has 0 saturated carbocycles. The van der Waals surface area contributed by atoms with E-state index in [2.05, 4.69) is 0 Å². The third kappa shape index (κ3) is 0.923. The molecule has 1 aromatic carbocycles. The summed E-state index contributed by atoms with van der Waals surface area (Å²) in [6.07, 6.45) is 1.53. The Morgan fingerprint density at radius 1 is 1.09 bits per heavy atom. The topological polar surface area (TPSA) is 37.0 Å². The van der Waals surface area contributed by atoms with Crippen LogP contribution in [-0.4, -0.2) is 0 Å². The normalized spacial score (nSPS) is 10.2. The highest BCUT2D eigenvalue weighted by Crippen LogP contribution is 2.06. The number of hydrogen-bond donors (Lipinski definition) is 1. The lowest BCUT2D eigenvalue weighted by Crippen LogP contribution is -1.96. The van der Waals surface area contributed by atoms with E-state index in [-0.39, 0.29) is 0 Å². The van der Waals surface area contributed by atoms with Crippen molar-refractivity contribution in [2.45, 2.75) is 0 Å². The molecule has 0 aliphatic heterocycles. The van der Waals surface area contributed by atoms with E-state index in [9.17, 15) is 0 Å². The third-order valence-electron chi connectivity index (χ3n) is 1.61. The van der Waals surface area contributed by atoms with Crippen LogP contribution in [0.15, 0.2) is 41.0 Å². The van der Waals surface area contributed by atoms with Gasteiger partial charge in [-0.25, -0.2) is 0 Å². The molecule has 54 valence electrons. The summed E-state index contributed by atoms with van der Waals surface area (Å²) in [5, 5.41) is 8.87. The summed E-state index contributed by atoms with van der Waals surface area (Å²) in [7, 11) is 0. The van der Waals surface area contributed by atoms with Gasteiger partial charge in [0.2, 0.25) is 0 Å². The summed E-state index contributed by atoms with van der Waals surface area (Å²) < 4.78 is 5.17. The molecule has 0 amide bonds. The van der Waals surface area contributed by atoms with Crippen LogP contribution in [-0.2, 0) is 0 Å². The molecule has 0 spiro atoms. The summed E-state index contributed by atoms with van der Waals surface area (Å²) in [6, 6.07) is 9.16. The Balaban J connectivity index is 3.03. The molecular formula is C9H7NO. The van der Waals surface area contributed by atoms with E-state index < -0.39 is 0 Å². The number of rotatable bonds is 0. The number of fused-ring (bicyclic) bond motifs is 1. The van der Waals surface area contributed by atoms with E-state index in [0.717, 1.165) is 11.0 Å². The lowest BCUT2D eigenvalue weighted by atomic mass is 10.2. The van der Waals surface area contributed by atoms with Gasteiger partial charge >= 0.3 is 0 Å². The largest absolute Gasteiger partial charge is 0.464 e. The van der Waals surface area contributed by atoms with Crippen molar-refractivity contribution in [3.05, 3.63) is 42.0 Å². The molecule has 2 heteroatoms. The molecule has 0 bridgehead atoms. The highest BCUT2D eigenvalue weighted by atomic mass is 16.3. The first-order valence-electron chi connectivity index (χ1n) is 3.39. The molecule has 2 rings (SSSR count). The Labute approximate surface area is 63.6 Å². The van der Waals surface area contributed by atoms with Crippen LogP contribution in [0.25, 0.3) is 11.0 Å². The van der Waals surface area contributed by atoms with Crippen molar-refractivity contribution in [1.82, 2.24) is 0 Å². The average Bonchev–Trinajstić information content (AvgIpc) is 2.06. The van der Waals surface area contributed by atoms with Gasteiger partial charge in [-0.1, -0.05) is 12.1 Å². The fourth-order valence-corrected chi connectivity index (χ4v) is 1.06. The van der Waals surface area contributed by atoms with Crippen LogP contribution in [0, 0.1) is 5.41 Å². The first kappa shape index (κ1) is 6.16. The molecule has 0 aliphatic carbocycles. The molecule has 0 radical (unpaired) electrons. The van der Waals surface area contributed by atoms with Crippen molar-refractivity contribution in [1.29, 1.82) is 5.41 Å². The maximum atomic E-state index is 7.50. The van der Waals surface area contributed by atoms with Gasteiger partial charge < -0.3 is 9.83 Å². The van der Waals surface area contributed by atoms with Crippen molar-refractivity contribution in [2.24, 2.45) is 0 Å². The van der Waals surface area contributed by atoms with E-state index in [0.29, 0.717) is 5.36 Å². The lowest BCUT2D eigenvalue weighted by molar-refractivity contribution is 0.601. The second-order valence-corrected chi connectivity index (χ2v) is 2.33. The van der Waals surface area contributed by atoms with Gasteiger partial charge in [-0.15, -0.1) is 0 Å². The minimum absolute atomic E-state index is 0.506. The van der Waals surface area contributed by atoms with Gasteiger partial charge in [0.25, 0.3) is 0 Å². The average molecular weight is 145 g/mol. The van der Waals surface area contributed by atoms with Crippen molar-refractivity contribution in [3.8, 4) is 0 Å². The van der Waals surface area contributed by atoms with Gasteiger partial charge in [-0.05, 0) is 18.2 Å². The molecule has 0 fully saturated rings. The first-order valence-corrected chi connectivity index (χ1v) is 3.39. The highest BCUT2D eigenvalue weighted by molar-refractivity contribution is 5.75. The summed E-state index contributed by atoms with van der Waals surface area (Å²) in [6.45, 7) is 0. The molecule has 0 unspecified atom stereocenters. The van der Waals surface area contributed by atoms with E-state index in [1.165, 1.54) is 6.26 Å². The summed E-state index contributed by atoms with van der Waals surface area (Å²) in [4.78, 5) is 0. The molecular weight excluding hydrogens is 138 g/mol. The standard InChI is InChI=1S/C9H7NO/c10-8-5-6-11-9-4-2-1-3-7(8)9/h1-6,10H. The maximum Gasteiger partial charge on any atom is 0.135 e. The van der Waals surface area contributed by atoms with Gasteiger partial charge in [0, 0.05) is 5.39 Å². The quantitative estimate of drug-likeness (QED) is 0.604. The Bertz CT molecular complexity index is 425.